The monoisotopic (exact) mass is 740 g/mol. The third-order valence-corrected chi connectivity index (χ3v) is 11.7. The highest BCUT2D eigenvalue weighted by Gasteiger charge is 2.22. The van der Waals surface area contributed by atoms with Gasteiger partial charge < -0.3 is 0 Å². The predicted octanol–water partition coefficient (Wildman–Crippen LogP) is 12.8. The lowest BCUT2D eigenvalue weighted by molar-refractivity contribution is 1.01. The van der Waals surface area contributed by atoms with E-state index in [2.05, 4.69) is 144 Å². The van der Waals surface area contributed by atoms with E-state index in [9.17, 15) is 4.79 Å². The van der Waals surface area contributed by atoms with Crippen LogP contribution in [0, 0.1) is 0 Å². The molecule has 9 aromatic carbocycles. The Balaban J connectivity index is 1.26. The van der Waals surface area contributed by atoms with E-state index in [1.807, 2.05) is 59.2 Å². The van der Waals surface area contributed by atoms with E-state index in [0.29, 0.717) is 11.3 Å². The van der Waals surface area contributed by atoms with Crippen LogP contribution in [0.5, 0.6) is 0 Å². The Morgan fingerprint density at radius 2 is 0.983 bits per heavy atom. The van der Waals surface area contributed by atoms with Crippen molar-refractivity contribution in [2.75, 3.05) is 0 Å². The van der Waals surface area contributed by atoms with Crippen LogP contribution in [0.2, 0.25) is 0 Å². The van der Waals surface area contributed by atoms with Crippen LogP contribution < -0.4 is 5.56 Å². The second-order valence-electron chi connectivity index (χ2n) is 14.9. The quantitative estimate of drug-likeness (QED) is 0.169. The molecular weight excluding hydrogens is 709 g/mol. The number of fused-ring (bicyclic) bond motifs is 11. The molecule has 0 saturated carbocycles. The van der Waals surface area contributed by atoms with E-state index in [1.165, 1.54) is 0 Å². The van der Waals surface area contributed by atoms with Crippen LogP contribution in [-0.2, 0) is 0 Å². The number of pyridine rings is 1. The number of benzene rings is 9. The van der Waals surface area contributed by atoms with Crippen LogP contribution in [-0.4, -0.2) is 19.1 Å². The Kier molecular flexibility index (Phi) is 7.01. The Morgan fingerprint density at radius 1 is 0.362 bits per heavy atom. The van der Waals surface area contributed by atoms with Crippen molar-refractivity contribution >= 4 is 75.9 Å². The number of aromatic nitrogens is 4. The van der Waals surface area contributed by atoms with Gasteiger partial charge in [-0.1, -0.05) is 152 Å². The first kappa shape index (κ1) is 32.4. The maximum absolute atomic E-state index is 14.8. The Morgan fingerprint density at radius 3 is 1.78 bits per heavy atom. The molecule has 270 valence electrons. The molecule has 0 N–H and O–H groups in total. The summed E-state index contributed by atoms with van der Waals surface area (Å²) in [7, 11) is 0. The maximum Gasteiger partial charge on any atom is 0.263 e. The highest BCUT2D eigenvalue weighted by molar-refractivity contribution is 6.25. The lowest BCUT2D eigenvalue weighted by atomic mass is 10.00. The molecule has 0 aliphatic rings. The summed E-state index contributed by atoms with van der Waals surface area (Å²) in [4.78, 5) is 25.8. The molecule has 0 saturated heterocycles. The Labute approximate surface area is 332 Å². The number of hydrogen-bond donors (Lipinski definition) is 0. The van der Waals surface area contributed by atoms with Gasteiger partial charge in [0.15, 0.2) is 0 Å². The number of nitrogens with zero attached hydrogens (tertiary/aromatic N) is 4. The minimum atomic E-state index is -0.0689. The molecule has 0 aliphatic carbocycles. The molecule has 3 aromatic heterocycles. The van der Waals surface area contributed by atoms with Gasteiger partial charge in [-0.2, -0.15) is 0 Å². The van der Waals surface area contributed by atoms with Crippen LogP contribution in [0.3, 0.4) is 0 Å². The van der Waals surface area contributed by atoms with Crippen LogP contribution in [0.1, 0.15) is 0 Å². The van der Waals surface area contributed by atoms with Crippen molar-refractivity contribution in [3.8, 4) is 34.0 Å². The summed E-state index contributed by atoms with van der Waals surface area (Å²) >= 11 is 0. The van der Waals surface area contributed by atoms with Crippen LogP contribution in [0.4, 0.5) is 0 Å². The van der Waals surface area contributed by atoms with Gasteiger partial charge in [-0.25, -0.2) is 9.97 Å². The van der Waals surface area contributed by atoms with Crippen molar-refractivity contribution in [2.24, 2.45) is 0 Å². The third-order valence-electron chi connectivity index (χ3n) is 11.7. The first-order chi connectivity index (χ1) is 28.7. The van der Waals surface area contributed by atoms with E-state index >= 15 is 0 Å². The number of rotatable bonds is 4. The van der Waals surface area contributed by atoms with Crippen molar-refractivity contribution in [1.29, 1.82) is 0 Å². The molecule has 3 heterocycles. The van der Waals surface area contributed by atoms with Gasteiger partial charge in [-0.3, -0.25) is 13.9 Å². The molecule has 0 spiro atoms. The first-order valence-electron chi connectivity index (χ1n) is 19.5. The Hall–Kier alpha value is -7.89. The minimum absolute atomic E-state index is 0.0689. The molecule has 0 fully saturated rings. The van der Waals surface area contributed by atoms with Crippen molar-refractivity contribution in [3.63, 3.8) is 0 Å². The first-order valence-corrected chi connectivity index (χ1v) is 19.5. The fourth-order valence-electron chi connectivity index (χ4n) is 9.05. The van der Waals surface area contributed by atoms with Gasteiger partial charge in [-0.15, -0.1) is 0 Å². The molecule has 0 radical (unpaired) electrons. The molecule has 0 bridgehead atoms. The summed E-state index contributed by atoms with van der Waals surface area (Å²) in [5.41, 5.74) is 8.35. The molecule has 12 rings (SSSR count). The summed E-state index contributed by atoms with van der Waals surface area (Å²) in [6.07, 6.45) is 0. The van der Waals surface area contributed by atoms with Crippen molar-refractivity contribution in [1.82, 2.24) is 19.1 Å². The third kappa shape index (κ3) is 4.80. The molecule has 5 heteroatoms. The zero-order valence-corrected chi connectivity index (χ0v) is 31.2. The normalized spacial score (nSPS) is 11.9. The van der Waals surface area contributed by atoms with Crippen molar-refractivity contribution in [2.45, 2.75) is 0 Å². The van der Waals surface area contributed by atoms with Gasteiger partial charge in [0.1, 0.15) is 0 Å². The molecule has 0 atom stereocenters. The second kappa shape index (κ2) is 12.6. The summed E-state index contributed by atoms with van der Waals surface area (Å²) in [5.74, 6) is 0.568. The smallest absolute Gasteiger partial charge is 0.263 e. The zero-order chi connectivity index (χ0) is 38.3. The highest BCUT2D eigenvalue weighted by Crippen LogP contribution is 2.41. The average molecular weight is 741 g/mol. The van der Waals surface area contributed by atoms with Crippen molar-refractivity contribution in [3.05, 3.63) is 204 Å². The van der Waals surface area contributed by atoms with Gasteiger partial charge in [0, 0.05) is 43.6 Å². The predicted molar refractivity (Wildman–Crippen MR) is 240 cm³/mol. The molecule has 58 heavy (non-hydrogen) atoms. The molecular formula is C53H32N4O. The van der Waals surface area contributed by atoms with Crippen molar-refractivity contribution < 1.29 is 0 Å². The lowest BCUT2D eigenvalue weighted by Gasteiger charge is -2.16. The van der Waals surface area contributed by atoms with Crippen LogP contribution in [0.25, 0.3) is 110 Å². The zero-order valence-electron chi connectivity index (χ0n) is 31.2. The fraction of sp³-hybridized carbons (Fsp3) is 0. The standard InChI is InChI=1S/C53H32N4O/c58-52-42-25-12-11-24-41(42)44-31-45-48(32-47(44)56(52)38-21-13-20-37(30-38)33-14-3-1-4-15-33)57(46-29-27-34-16-7-9-22-39(34)49(45)46)53-54-50(36-18-5-2-6-19-36)43-28-26-35-17-8-10-23-40(35)51(43)55-53/h1-32H. The van der Waals surface area contributed by atoms with E-state index in [1.54, 1.807) is 0 Å². The SMILES string of the molecule is O=c1c2ccccc2c2cc3c4c5ccccc5ccc4n(-c4nc(-c5ccccc5)c5ccc6ccccc6c5n4)c3cc2n1-c1cccc(-c2ccccc2)c1. The molecule has 0 aliphatic heterocycles. The van der Waals surface area contributed by atoms with E-state index in [4.69, 9.17) is 9.97 Å². The second-order valence-corrected chi connectivity index (χ2v) is 14.9. The largest absolute Gasteiger partial charge is 0.278 e. The summed E-state index contributed by atoms with van der Waals surface area (Å²) in [6, 6.07) is 67.0. The summed E-state index contributed by atoms with van der Waals surface area (Å²) < 4.78 is 4.09. The van der Waals surface area contributed by atoms with Gasteiger partial charge in [0.05, 0.1) is 27.8 Å². The molecule has 0 unspecified atom stereocenters. The van der Waals surface area contributed by atoms with Gasteiger partial charge in [0.25, 0.3) is 5.56 Å². The van der Waals surface area contributed by atoms with Gasteiger partial charge in [-0.05, 0) is 75.1 Å². The lowest BCUT2D eigenvalue weighted by Crippen LogP contribution is -2.19. The molecule has 0 amide bonds. The topological polar surface area (TPSA) is 52.7 Å². The maximum atomic E-state index is 14.8. The van der Waals surface area contributed by atoms with Crippen LogP contribution >= 0.6 is 0 Å². The van der Waals surface area contributed by atoms with E-state index < -0.39 is 0 Å². The molecule has 12 aromatic rings. The highest BCUT2D eigenvalue weighted by atomic mass is 16.1. The summed E-state index contributed by atoms with van der Waals surface area (Å²) in [6.45, 7) is 0. The number of hydrogen-bond acceptors (Lipinski definition) is 3. The Bertz CT molecular complexity index is 3700. The molecule has 5 nitrogen and oxygen atoms in total. The minimum Gasteiger partial charge on any atom is -0.278 e. The fourth-order valence-corrected chi connectivity index (χ4v) is 9.05. The van der Waals surface area contributed by atoms with E-state index in [0.717, 1.165) is 98.6 Å². The van der Waals surface area contributed by atoms with E-state index in [-0.39, 0.29) is 5.56 Å². The summed E-state index contributed by atoms with van der Waals surface area (Å²) in [5, 5.41) is 10.2. The van der Waals surface area contributed by atoms with Crippen LogP contribution in [0.15, 0.2) is 199 Å². The average Bonchev–Trinajstić information content (AvgIpc) is 3.62. The van der Waals surface area contributed by atoms with Gasteiger partial charge in [0.2, 0.25) is 5.95 Å². The van der Waals surface area contributed by atoms with Gasteiger partial charge >= 0.3 is 0 Å².